The maximum absolute atomic E-state index is 14.3. The van der Waals surface area contributed by atoms with Gasteiger partial charge in [0, 0.05) is 17.2 Å². The second-order valence-electron chi connectivity index (χ2n) is 9.57. The van der Waals surface area contributed by atoms with Crippen molar-refractivity contribution in [2.45, 2.75) is 79.7 Å². The second kappa shape index (κ2) is 10.3. The number of nitrogens with one attached hydrogen (secondary N) is 1. The molecule has 1 fully saturated rings. The first-order valence-corrected chi connectivity index (χ1v) is 13.4. The van der Waals surface area contributed by atoms with E-state index in [1.54, 1.807) is 52.0 Å². The summed E-state index contributed by atoms with van der Waals surface area (Å²) in [5.41, 5.74) is 2.67. The van der Waals surface area contributed by atoms with E-state index >= 15 is 0 Å². The SMILES string of the molecule is Cc1cc(C)c(C(=O)P(=O)(OC(=O)NC2CCCCC2)C(=O)c2c(C)cc(C)cc2C)c(C)c1. The van der Waals surface area contributed by atoms with Gasteiger partial charge in [-0.25, -0.2) is 4.79 Å². The summed E-state index contributed by atoms with van der Waals surface area (Å²) < 4.78 is 19.6. The summed E-state index contributed by atoms with van der Waals surface area (Å²) in [5.74, 6) is 0. The molecule has 0 spiro atoms. The highest BCUT2D eigenvalue weighted by atomic mass is 31.2. The van der Waals surface area contributed by atoms with Crippen LogP contribution in [0.5, 0.6) is 0 Å². The van der Waals surface area contributed by atoms with Crippen molar-refractivity contribution in [2.24, 2.45) is 0 Å². The predicted molar refractivity (Wildman–Crippen MR) is 134 cm³/mol. The number of amides is 1. The van der Waals surface area contributed by atoms with Crippen LogP contribution in [0.15, 0.2) is 24.3 Å². The van der Waals surface area contributed by atoms with Gasteiger partial charge in [0.15, 0.2) is 0 Å². The van der Waals surface area contributed by atoms with Gasteiger partial charge in [-0.15, -0.1) is 0 Å². The number of carbonyl (C=O) groups is 3. The van der Waals surface area contributed by atoms with E-state index in [1.807, 2.05) is 13.8 Å². The van der Waals surface area contributed by atoms with Gasteiger partial charge < -0.3 is 9.84 Å². The van der Waals surface area contributed by atoms with Gasteiger partial charge in [-0.2, -0.15) is 0 Å². The van der Waals surface area contributed by atoms with Gasteiger partial charge in [-0.1, -0.05) is 54.7 Å². The molecule has 0 saturated heterocycles. The Morgan fingerprint density at radius 3 is 1.50 bits per heavy atom. The van der Waals surface area contributed by atoms with Gasteiger partial charge in [0.25, 0.3) is 11.0 Å². The van der Waals surface area contributed by atoms with Crippen molar-refractivity contribution in [3.05, 3.63) is 68.8 Å². The van der Waals surface area contributed by atoms with E-state index in [1.165, 1.54) is 0 Å². The molecule has 0 aliphatic heterocycles. The summed E-state index contributed by atoms with van der Waals surface area (Å²) >= 11 is 0. The van der Waals surface area contributed by atoms with Gasteiger partial charge in [0.2, 0.25) is 0 Å². The van der Waals surface area contributed by atoms with Crippen molar-refractivity contribution in [3.8, 4) is 0 Å². The number of hydrogen-bond acceptors (Lipinski definition) is 5. The molecule has 6 nitrogen and oxygen atoms in total. The maximum Gasteiger partial charge on any atom is 0.413 e. The van der Waals surface area contributed by atoms with Crippen LogP contribution in [0.2, 0.25) is 0 Å². The van der Waals surface area contributed by atoms with Crippen molar-refractivity contribution in [2.75, 3.05) is 0 Å². The molecule has 3 rings (SSSR count). The third-order valence-electron chi connectivity index (χ3n) is 6.46. The van der Waals surface area contributed by atoms with Gasteiger partial charge in [-0.3, -0.25) is 14.2 Å². The van der Waals surface area contributed by atoms with Crippen LogP contribution in [0.25, 0.3) is 0 Å². The van der Waals surface area contributed by atoms with Crippen LogP contribution in [0.1, 0.15) is 86.2 Å². The van der Waals surface area contributed by atoms with Crippen LogP contribution in [0.4, 0.5) is 4.79 Å². The molecule has 2 aromatic rings. The number of aryl methyl sites for hydroxylation is 6. The predicted octanol–water partition coefficient (Wildman–Crippen LogP) is 6.85. The normalized spacial score (nSPS) is 14.5. The molecule has 182 valence electrons. The van der Waals surface area contributed by atoms with Crippen molar-refractivity contribution in [3.63, 3.8) is 0 Å². The van der Waals surface area contributed by atoms with Crippen LogP contribution in [0, 0.1) is 41.5 Å². The molecule has 1 saturated carbocycles. The molecular formula is C27H34NO5P. The summed E-state index contributed by atoms with van der Waals surface area (Å²) in [4.78, 5) is 40.4. The lowest BCUT2D eigenvalue weighted by Crippen LogP contribution is -2.37. The number of hydrogen-bond donors (Lipinski definition) is 1. The molecule has 1 aliphatic rings. The van der Waals surface area contributed by atoms with E-state index in [-0.39, 0.29) is 17.2 Å². The maximum atomic E-state index is 14.3. The fourth-order valence-electron chi connectivity index (χ4n) is 5.06. The minimum Gasteiger partial charge on any atom is -0.384 e. The van der Waals surface area contributed by atoms with E-state index < -0.39 is 24.5 Å². The molecule has 0 bridgehead atoms. The highest BCUT2D eigenvalue weighted by Crippen LogP contribution is 2.54. The Hall–Kier alpha value is -2.72. The first kappa shape index (κ1) is 25.9. The van der Waals surface area contributed by atoms with Crippen molar-refractivity contribution in [1.82, 2.24) is 5.32 Å². The third kappa shape index (κ3) is 5.33. The summed E-state index contributed by atoms with van der Waals surface area (Å²) in [6.45, 7) is 10.7. The standard InChI is InChI=1S/C27H34NO5P/c1-16-12-18(3)23(19(4)13-16)25(29)34(32,33-27(31)28-22-10-8-7-9-11-22)26(30)24-20(5)14-17(2)15-21(24)6/h12-15,22H,7-11H2,1-6H3,(H,28,31). The fourth-order valence-corrected chi connectivity index (χ4v) is 6.99. The Bertz CT molecular complexity index is 1070. The smallest absolute Gasteiger partial charge is 0.384 e. The van der Waals surface area contributed by atoms with E-state index in [0.717, 1.165) is 43.2 Å². The Morgan fingerprint density at radius 1 is 0.735 bits per heavy atom. The monoisotopic (exact) mass is 483 g/mol. The van der Waals surface area contributed by atoms with Crippen LogP contribution >= 0.6 is 7.37 Å². The van der Waals surface area contributed by atoms with Crippen molar-refractivity contribution >= 4 is 24.5 Å². The molecule has 0 unspecified atom stereocenters. The minimum atomic E-state index is -4.80. The molecule has 1 aliphatic carbocycles. The van der Waals surface area contributed by atoms with Gasteiger partial charge in [-0.05, 0) is 76.6 Å². The summed E-state index contributed by atoms with van der Waals surface area (Å²) in [6.07, 6.45) is 3.64. The molecule has 0 heterocycles. The van der Waals surface area contributed by atoms with E-state index in [9.17, 15) is 18.9 Å². The summed E-state index contributed by atoms with van der Waals surface area (Å²) in [7, 11) is -4.80. The Kier molecular flexibility index (Phi) is 7.82. The van der Waals surface area contributed by atoms with Crippen LogP contribution in [-0.2, 0) is 9.09 Å². The molecule has 2 aromatic carbocycles. The lowest BCUT2D eigenvalue weighted by Gasteiger charge is -2.24. The second-order valence-corrected chi connectivity index (χ2v) is 11.7. The fraction of sp³-hybridized carbons (Fsp3) is 0.444. The van der Waals surface area contributed by atoms with E-state index in [0.29, 0.717) is 22.3 Å². The zero-order chi connectivity index (χ0) is 25.2. The van der Waals surface area contributed by atoms with E-state index in [2.05, 4.69) is 5.32 Å². The molecule has 1 N–H and O–H groups in total. The van der Waals surface area contributed by atoms with Gasteiger partial charge in [0.1, 0.15) is 0 Å². The summed E-state index contributed by atoms with van der Waals surface area (Å²) in [6, 6.07) is 7.04. The Labute approximate surface area is 201 Å². The molecule has 0 radical (unpaired) electrons. The number of rotatable bonds is 6. The molecule has 0 aromatic heterocycles. The zero-order valence-electron chi connectivity index (χ0n) is 20.9. The lowest BCUT2D eigenvalue weighted by atomic mass is 9.96. The molecule has 0 atom stereocenters. The Morgan fingerprint density at radius 2 is 1.12 bits per heavy atom. The highest BCUT2D eigenvalue weighted by molar-refractivity contribution is 7.92. The van der Waals surface area contributed by atoms with Crippen molar-refractivity contribution < 1.29 is 23.5 Å². The first-order valence-electron chi connectivity index (χ1n) is 11.8. The van der Waals surface area contributed by atoms with Gasteiger partial charge >= 0.3 is 13.5 Å². The third-order valence-corrected chi connectivity index (χ3v) is 8.39. The van der Waals surface area contributed by atoms with Crippen LogP contribution in [0.3, 0.4) is 0 Å². The highest BCUT2D eigenvalue weighted by Gasteiger charge is 2.47. The minimum absolute atomic E-state index is 0.120. The zero-order valence-corrected chi connectivity index (χ0v) is 21.8. The van der Waals surface area contributed by atoms with Crippen molar-refractivity contribution in [1.29, 1.82) is 0 Å². The Balaban J connectivity index is 2.08. The molecule has 34 heavy (non-hydrogen) atoms. The van der Waals surface area contributed by atoms with Gasteiger partial charge in [0.05, 0.1) is 0 Å². The number of benzene rings is 2. The summed E-state index contributed by atoms with van der Waals surface area (Å²) in [5, 5.41) is 2.73. The van der Waals surface area contributed by atoms with Crippen LogP contribution in [-0.4, -0.2) is 23.2 Å². The lowest BCUT2D eigenvalue weighted by molar-refractivity contribution is 0.0998. The van der Waals surface area contributed by atoms with Crippen LogP contribution < -0.4 is 5.32 Å². The van der Waals surface area contributed by atoms with E-state index in [4.69, 9.17) is 4.52 Å². The quantitative estimate of drug-likeness (QED) is 0.454. The molecule has 7 heteroatoms. The largest absolute Gasteiger partial charge is 0.413 e. The molecule has 1 amide bonds. The average molecular weight is 484 g/mol. The number of carbonyl (C=O) groups excluding carboxylic acids is 3. The topological polar surface area (TPSA) is 89.5 Å². The first-order chi connectivity index (χ1) is 15.9. The molecular weight excluding hydrogens is 449 g/mol. The average Bonchev–Trinajstić information content (AvgIpc) is 2.72.